The van der Waals surface area contributed by atoms with Gasteiger partial charge in [-0.15, -0.1) is 0 Å². The lowest BCUT2D eigenvalue weighted by Gasteiger charge is -2.26. The van der Waals surface area contributed by atoms with E-state index in [2.05, 4.69) is 46.6 Å². The third kappa shape index (κ3) is 3.40. The first kappa shape index (κ1) is 17.9. The van der Waals surface area contributed by atoms with E-state index in [-0.39, 0.29) is 5.92 Å². The van der Waals surface area contributed by atoms with Crippen LogP contribution < -0.4 is 4.90 Å². The van der Waals surface area contributed by atoms with Gasteiger partial charge >= 0.3 is 5.97 Å². The SMILES string of the molecule is CCCc1cncnc1N1C[C@@H]2CN(CC=C(C)C)C[C@]2(C(=O)O)C1. The Labute approximate surface area is 149 Å². The lowest BCUT2D eigenvalue weighted by atomic mass is 9.81. The van der Waals surface area contributed by atoms with Crippen LogP contribution in [0.15, 0.2) is 24.2 Å². The van der Waals surface area contributed by atoms with Crippen LogP contribution in [-0.2, 0) is 11.2 Å². The number of anilines is 1. The van der Waals surface area contributed by atoms with Gasteiger partial charge < -0.3 is 10.0 Å². The van der Waals surface area contributed by atoms with Crippen LogP contribution in [-0.4, -0.2) is 58.7 Å². The summed E-state index contributed by atoms with van der Waals surface area (Å²) < 4.78 is 0. The average molecular weight is 344 g/mol. The van der Waals surface area contributed by atoms with Crippen molar-refractivity contribution in [1.82, 2.24) is 14.9 Å². The van der Waals surface area contributed by atoms with Gasteiger partial charge in [0, 0.05) is 50.4 Å². The maximum atomic E-state index is 12.2. The summed E-state index contributed by atoms with van der Waals surface area (Å²) in [5.74, 6) is 0.383. The Morgan fingerprint density at radius 3 is 2.84 bits per heavy atom. The Kier molecular flexibility index (Phi) is 5.08. The molecule has 0 bridgehead atoms. The number of aromatic nitrogens is 2. The number of hydrogen-bond donors (Lipinski definition) is 1. The molecular weight excluding hydrogens is 316 g/mol. The fraction of sp³-hybridized carbons (Fsp3) is 0.632. The highest BCUT2D eigenvalue weighted by Crippen LogP contribution is 2.44. The second-order valence-corrected chi connectivity index (χ2v) is 7.64. The Morgan fingerprint density at radius 1 is 1.40 bits per heavy atom. The van der Waals surface area contributed by atoms with Gasteiger partial charge in [-0.1, -0.05) is 25.0 Å². The molecule has 25 heavy (non-hydrogen) atoms. The van der Waals surface area contributed by atoms with Crippen molar-refractivity contribution in [2.45, 2.75) is 33.6 Å². The zero-order valence-corrected chi connectivity index (χ0v) is 15.4. The third-order valence-corrected chi connectivity index (χ3v) is 5.45. The minimum atomic E-state index is -0.691. The number of likely N-dealkylation sites (tertiary alicyclic amines) is 1. The highest BCUT2D eigenvalue weighted by Gasteiger charge is 2.57. The summed E-state index contributed by atoms with van der Waals surface area (Å²) >= 11 is 0. The summed E-state index contributed by atoms with van der Waals surface area (Å²) in [6, 6.07) is 0. The minimum Gasteiger partial charge on any atom is -0.481 e. The largest absolute Gasteiger partial charge is 0.481 e. The number of hydrogen-bond acceptors (Lipinski definition) is 5. The van der Waals surface area contributed by atoms with Gasteiger partial charge in [0.2, 0.25) is 0 Å². The second-order valence-electron chi connectivity index (χ2n) is 7.64. The summed E-state index contributed by atoms with van der Waals surface area (Å²) in [4.78, 5) is 25.2. The van der Waals surface area contributed by atoms with Gasteiger partial charge in [0.15, 0.2) is 0 Å². The molecule has 0 aromatic carbocycles. The first-order chi connectivity index (χ1) is 12.0. The van der Waals surface area contributed by atoms with Crippen LogP contribution in [0.1, 0.15) is 32.8 Å². The lowest BCUT2D eigenvalue weighted by molar-refractivity contribution is -0.148. The molecule has 6 nitrogen and oxygen atoms in total. The van der Waals surface area contributed by atoms with Crippen LogP contribution in [0.2, 0.25) is 0 Å². The Hall–Kier alpha value is -1.95. The molecule has 1 aromatic rings. The topological polar surface area (TPSA) is 69.6 Å². The van der Waals surface area contributed by atoms with Crippen molar-refractivity contribution in [3.8, 4) is 0 Å². The lowest BCUT2D eigenvalue weighted by Crippen LogP contribution is -2.41. The van der Waals surface area contributed by atoms with E-state index in [1.807, 2.05) is 6.20 Å². The third-order valence-electron chi connectivity index (χ3n) is 5.45. The number of aliphatic carboxylic acids is 1. The van der Waals surface area contributed by atoms with E-state index >= 15 is 0 Å². The molecule has 1 aromatic heterocycles. The van der Waals surface area contributed by atoms with Crippen LogP contribution in [0.25, 0.3) is 0 Å². The molecule has 0 radical (unpaired) electrons. The summed E-state index contributed by atoms with van der Waals surface area (Å²) in [5, 5.41) is 10.0. The Balaban J connectivity index is 1.81. The fourth-order valence-corrected chi connectivity index (χ4v) is 4.17. The quantitative estimate of drug-likeness (QED) is 0.798. The predicted octanol–water partition coefficient (Wildman–Crippen LogP) is 2.22. The van der Waals surface area contributed by atoms with Crippen LogP contribution in [0.3, 0.4) is 0 Å². The maximum absolute atomic E-state index is 12.2. The van der Waals surface area contributed by atoms with Crippen LogP contribution >= 0.6 is 0 Å². The van der Waals surface area contributed by atoms with Crippen molar-refractivity contribution in [3.05, 3.63) is 29.7 Å². The van der Waals surface area contributed by atoms with Crippen molar-refractivity contribution in [2.24, 2.45) is 11.3 Å². The van der Waals surface area contributed by atoms with E-state index in [9.17, 15) is 9.90 Å². The number of carbonyl (C=O) groups is 1. The highest BCUT2D eigenvalue weighted by molar-refractivity contribution is 5.78. The number of nitrogens with zero attached hydrogens (tertiary/aromatic N) is 4. The molecule has 3 rings (SSSR count). The first-order valence-corrected chi connectivity index (χ1v) is 9.09. The molecule has 2 fully saturated rings. The van der Waals surface area contributed by atoms with Gasteiger partial charge in [0.1, 0.15) is 17.6 Å². The van der Waals surface area contributed by atoms with Gasteiger partial charge in [-0.3, -0.25) is 9.69 Å². The molecule has 3 heterocycles. The smallest absolute Gasteiger partial charge is 0.313 e. The fourth-order valence-electron chi connectivity index (χ4n) is 4.17. The monoisotopic (exact) mass is 344 g/mol. The van der Waals surface area contributed by atoms with Crippen LogP contribution in [0.5, 0.6) is 0 Å². The molecule has 0 unspecified atom stereocenters. The molecule has 0 aliphatic carbocycles. The number of carboxylic acid groups (broad SMARTS) is 1. The molecule has 0 saturated carbocycles. The van der Waals surface area contributed by atoms with Crippen LogP contribution in [0.4, 0.5) is 5.82 Å². The summed E-state index contributed by atoms with van der Waals surface area (Å²) in [7, 11) is 0. The van der Waals surface area contributed by atoms with E-state index in [1.54, 1.807) is 6.33 Å². The Morgan fingerprint density at radius 2 is 2.20 bits per heavy atom. The predicted molar refractivity (Wildman–Crippen MR) is 97.7 cm³/mol. The number of fused-ring (bicyclic) bond motifs is 1. The first-order valence-electron chi connectivity index (χ1n) is 9.09. The molecule has 6 heteroatoms. The van der Waals surface area contributed by atoms with Crippen molar-refractivity contribution in [1.29, 1.82) is 0 Å². The number of aryl methyl sites for hydroxylation is 1. The maximum Gasteiger partial charge on any atom is 0.313 e. The van der Waals surface area contributed by atoms with Crippen molar-refractivity contribution < 1.29 is 9.90 Å². The number of allylic oxidation sites excluding steroid dienone is 1. The molecule has 2 atom stereocenters. The van der Waals surface area contributed by atoms with Crippen molar-refractivity contribution in [2.75, 3.05) is 37.6 Å². The van der Waals surface area contributed by atoms with Crippen molar-refractivity contribution in [3.63, 3.8) is 0 Å². The van der Waals surface area contributed by atoms with E-state index in [4.69, 9.17) is 0 Å². The zero-order chi connectivity index (χ0) is 18.0. The van der Waals surface area contributed by atoms with Gasteiger partial charge in [-0.25, -0.2) is 9.97 Å². The van der Waals surface area contributed by atoms with E-state index in [0.717, 1.165) is 43.9 Å². The van der Waals surface area contributed by atoms with Gasteiger partial charge in [-0.05, 0) is 20.3 Å². The van der Waals surface area contributed by atoms with Crippen LogP contribution in [0, 0.1) is 11.3 Å². The number of rotatable bonds is 6. The summed E-state index contributed by atoms with van der Waals surface area (Å²) in [6.07, 6.45) is 7.56. The minimum absolute atomic E-state index is 0.139. The Bertz CT molecular complexity index is 671. The second kappa shape index (κ2) is 7.12. The molecular formula is C19H28N4O2. The molecule has 1 N–H and O–H groups in total. The standard InChI is InChI=1S/C19H28N4O2/c1-4-5-15-8-20-13-21-17(15)23-10-16-9-22(7-6-14(2)3)11-19(16,12-23)18(24)25/h6,8,13,16H,4-5,7,9-12H2,1-3H3,(H,24,25)/t16-,19-/m0/s1. The average Bonchev–Trinajstić information content (AvgIpc) is 3.09. The normalized spacial score (nSPS) is 25.9. The van der Waals surface area contributed by atoms with Gasteiger partial charge in [0.05, 0.1) is 0 Å². The molecule has 2 aliphatic rings. The van der Waals surface area contributed by atoms with Crippen molar-refractivity contribution >= 4 is 11.8 Å². The molecule has 2 aliphatic heterocycles. The summed E-state index contributed by atoms with van der Waals surface area (Å²) in [6.45, 7) is 9.86. The van der Waals surface area contributed by atoms with Gasteiger partial charge in [0.25, 0.3) is 0 Å². The van der Waals surface area contributed by atoms with E-state index in [0.29, 0.717) is 13.1 Å². The molecule has 0 amide bonds. The van der Waals surface area contributed by atoms with Gasteiger partial charge in [-0.2, -0.15) is 0 Å². The number of carboxylic acids is 1. The summed E-state index contributed by atoms with van der Waals surface area (Å²) in [5.41, 5.74) is 1.70. The highest BCUT2D eigenvalue weighted by atomic mass is 16.4. The van der Waals surface area contributed by atoms with E-state index in [1.165, 1.54) is 5.57 Å². The molecule has 0 spiro atoms. The molecule has 136 valence electrons. The zero-order valence-electron chi connectivity index (χ0n) is 15.4. The van der Waals surface area contributed by atoms with E-state index < -0.39 is 11.4 Å². The molecule has 2 saturated heterocycles.